The Hall–Kier alpha value is -0.540. The van der Waals surface area contributed by atoms with Crippen molar-refractivity contribution in [2.75, 3.05) is 11.4 Å². The van der Waals surface area contributed by atoms with Crippen molar-refractivity contribution in [3.8, 4) is 0 Å². The molecular formula is C18H28BrNO. The van der Waals surface area contributed by atoms with Gasteiger partial charge in [-0.2, -0.15) is 0 Å². The molecule has 1 saturated carbocycles. The van der Waals surface area contributed by atoms with Gasteiger partial charge in [-0.3, -0.25) is 0 Å². The van der Waals surface area contributed by atoms with Gasteiger partial charge in [0.15, 0.2) is 0 Å². The van der Waals surface area contributed by atoms with Crippen molar-refractivity contribution in [1.29, 1.82) is 0 Å². The van der Waals surface area contributed by atoms with Crippen LogP contribution in [-0.2, 0) is 0 Å². The Morgan fingerprint density at radius 3 is 2.43 bits per heavy atom. The second-order valence-corrected chi connectivity index (χ2v) is 7.55. The first-order chi connectivity index (χ1) is 9.99. The van der Waals surface area contributed by atoms with E-state index in [0.29, 0.717) is 6.04 Å². The molecule has 1 fully saturated rings. The molecule has 0 aromatic heterocycles. The molecule has 2 rings (SSSR count). The maximum absolute atomic E-state index is 9.78. The maximum atomic E-state index is 9.78. The first kappa shape index (κ1) is 16.8. The van der Waals surface area contributed by atoms with Crippen LogP contribution in [0.25, 0.3) is 0 Å². The van der Waals surface area contributed by atoms with E-state index in [4.69, 9.17) is 0 Å². The fraction of sp³-hybridized carbons (Fsp3) is 0.667. The minimum absolute atomic E-state index is 0.427. The number of aliphatic hydroxyl groups is 1. The monoisotopic (exact) mass is 353 g/mol. The predicted octanol–water partition coefficient (Wildman–Crippen LogP) is 5.30. The van der Waals surface area contributed by atoms with Crippen molar-refractivity contribution in [1.82, 2.24) is 0 Å². The Balaban J connectivity index is 2.20. The summed E-state index contributed by atoms with van der Waals surface area (Å²) in [4.78, 5) is 2.59. The minimum atomic E-state index is -0.427. The second kappa shape index (κ2) is 7.64. The molecule has 0 heterocycles. The van der Waals surface area contributed by atoms with E-state index in [1.54, 1.807) is 0 Å². The van der Waals surface area contributed by atoms with Crippen LogP contribution in [0, 0.1) is 5.92 Å². The molecule has 0 radical (unpaired) electrons. The Kier molecular flexibility index (Phi) is 6.12. The van der Waals surface area contributed by atoms with Crippen molar-refractivity contribution < 1.29 is 5.11 Å². The highest BCUT2D eigenvalue weighted by Crippen LogP contribution is 2.33. The first-order valence-corrected chi connectivity index (χ1v) is 9.02. The third-order valence-electron chi connectivity index (χ3n) is 4.48. The standard InChI is InChI=1S/C18H28BrNO/c1-13(2)10-11-20(15-6-4-5-7-15)16-8-9-17(14(3)21)18(19)12-16/h8-9,12-15,21H,4-7,10-11H2,1-3H3/t14-/m1/s1. The molecule has 0 amide bonds. The largest absolute Gasteiger partial charge is 0.389 e. The SMILES string of the molecule is CC(C)CCN(c1ccc([C@@H](C)O)c(Br)c1)C1CCCC1. The summed E-state index contributed by atoms with van der Waals surface area (Å²) in [6.45, 7) is 7.52. The van der Waals surface area contributed by atoms with Crippen molar-refractivity contribution in [2.45, 2.75) is 65.0 Å². The molecule has 3 heteroatoms. The average molecular weight is 354 g/mol. The lowest BCUT2D eigenvalue weighted by Crippen LogP contribution is -2.34. The molecule has 2 nitrogen and oxygen atoms in total. The van der Waals surface area contributed by atoms with E-state index in [1.807, 2.05) is 6.92 Å². The van der Waals surface area contributed by atoms with Gasteiger partial charge in [-0.25, -0.2) is 0 Å². The fourth-order valence-electron chi connectivity index (χ4n) is 3.17. The number of hydrogen-bond acceptors (Lipinski definition) is 2. The van der Waals surface area contributed by atoms with Gasteiger partial charge in [0.1, 0.15) is 0 Å². The van der Waals surface area contributed by atoms with Gasteiger partial charge in [-0.15, -0.1) is 0 Å². The van der Waals surface area contributed by atoms with E-state index < -0.39 is 6.10 Å². The smallest absolute Gasteiger partial charge is 0.0772 e. The molecule has 1 aromatic carbocycles. The molecular weight excluding hydrogens is 326 g/mol. The number of rotatable bonds is 6. The van der Waals surface area contributed by atoms with Crippen LogP contribution < -0.4 is 4.90 Å². The molecule has 118 valence electrons. The lowest BCUT2D eigenvalue weighted by atomic mass is 10.1. The van der Waals surface area contributed by atoms with Crippen LogP contribution >= 0.6 is 15.9 Å². The number of aliphatic hydroxyl groups excluding tert-OH is 1. The zero-order chi connectivity index (χ0) is 15.4. The van der Waals surface area contributed by atoms with E-state index in [2.05, 4.69) is 52.9 Å². The average Bonchev–Trinajstić information content (AvgIpc) is 2.92. The van der Waals surface area contributed by atoms with Gasteiger partial charge in [-0.05, 0) is 49.8 Å². The van der Waals surface area contributed by atoms with Gasteiger partial charge in [0.05, 0.1) is 6.10 Å². The van der Waals surface area contributed by atoms with Crippen molar-refractivity contribution in [3.05, 3.63) is 28.2 Å². The van der Waals surface area contributed by atoms with E-state index in [-0.39, 0.29) is 0 Å². The minimum Gasteiger partial charge on any atom is -0.389 e. The highest BCUT2D eigenvalue weighted by atomic mass is 79.9. The molecule has 0 aliphatic heterocycles. The van der Waals surface area contributed by atoms with Crippen LogP contribution in [0.3, 0.4) is 0 Å². The highest BCUT2D eigenvalue weighted by Gasteiger charge is 2.23. The summed E-state index contributed by atoms with van der Waals surface area (Å²) in [5.74, 6) is 0.731. The van der Waals surface area contributed by atoms with E-state index in [0.717, 1.165) is 22.5 Å². The third kappa shape index (κ3) is 4.46. The summed E-state index contributed by atoms with van der Waals surface area (Å²) in [6, 6.07) is 7.10. The molecule has 1 N–H and O–H groups in total. The van der Waals surface area contributed by atoms with Gasteiger partial charge >= 0.3 is 0 Å². The van der Waals surface area contributed by atoms with Gasteiger partial charge < -0.3 is 10.0 Å². The molecule has 1 aliphatic rings. The molecule has 0 spiro atoms. The van der Waals surface area contributed by atoms with Gasteiger partial charge in [0.2, 0.25) is 0 Å². The molecule has 0 bridgehead atoms. The Morgan fingerprint density at radius 1 is 1.24 bits per heavy atom. The van der Waals surface area contributed by atoms with Crippen LogP contribution in [-0.4, -0.2) is 17.7 Å². The van der Waals surface area contributed by atoms with Crippen molar-refractivity contribution in [2.24, 2.45) is 5.92 Å². The highest BCUT2D eigenvalue weighted by molar-refractivity contribution is 9.10. The summed E-state index contributed by atoms with van der Waals surface area (Å²) in [5.41, 5.74) is 2.26. The van der Waals surface area contributed by atoms with Crippen LogP contribution in [0.15, 0.2) is 22.7 Å². The molecule has 0 unspecified atom stereocenters. The van der Waals surface area contributed by atoms with E-state index in [1.165, 1.54) is 37.8 Å². The van der Waals surface area contributed by atoms with Crippen molar-refractivity contribution in [3.63, 3.8) is 0 Å². The second-order valence-electron chi connectivity index (χ2n) is 6.70. The van der Waals surface area contributed by atoms with Gasteiger partial charge in [0, 0.05) is 22.7 Å². The van der Waals surface area contributed by atoms with Crippen LogP contribution in [0.1, 0.15) is 64.5 Å². The summed E-state index contributed by atoms with van der Waals surface area (Å²) < 4.78 is 1.02. The van der Waals surface area contributed by atoms with Crippen LogP contribution in [0.2, 0.25) is 0 Å². The summed E-state index contributed by atoms with van der Waals surface area (Å²) in [7, 11) is 0. The normalized spacial score (nSPS) is 17.4. The van der Waals surface area contributed by atoms with Crippen molar-refractivity contribution >= 4 is 21.6 Å². The van der Waals surface area contributed by atoms with Crippen LogP contribution in [0.5, 0.6) is 0 Å². The number of hydrogen-bond donors (Lipinski definition) is 1. The zero-order valence-electron chi connectivity index (χ0n) is 13.5. The summed E-state index contributed by atoms with van der Waals surface area (Å²) in [6.07, 6.45) is 6.14. The first-order valence-electron chi connectivity index (χ1n) is 8.23. The molecule has 0 saturated heterocycles. The quantitative estimate of drug-likeness (QED) is 0.750. The molecule has 1 aromatic rings. The van der Waals surface area contributed by atoms with E-state index in [9.17, 15) is 5.11 Å². The third-order valence-corrected chi connectivity index (χ3v) is 5.17. The fourth-order valence-corrected chi connectivity index (χ4v) is 3.87. The number of benzene rings is 1. The lowest BCUT2D eigenvalue weighted by molar-refractivity contribution is 0.198. The maximum Gasteiger partial charge on any atom is 0.0772 e. The lowest BCUT2D eigenvalue weighted by Gasteiger charge is -2.32. The van der Waals surface area contributed by atoms with E-state index >= 15 is 0 Å². The summed E-state index contributed by atoms with van der Waals surface area (Å²) in [5, 5.41) is 9.78. The number of anilines is 1. The molecule has 1 atom stereocenters. The Morgan fingerprint density at radius 2 is 1.90 bits per heavy atom. The number of halogens is 1. The van der Waals surface area contributed by atoms with Gasteiger partial charge in [-0.1, -0.05) is 48.7 Å². The zero-order valence-corrected chi connectivity index (χ0v) is 15.1. The molecule has 21 heavy (non-hydrogen) atoms. The van der Waals surface area contributed by atoms with Crippen LogP contribution in [0.4, 0.5) is 5.69 Å². The molecule has 1 aliphatic carbocycles. The topological polar surface area (TPSA) is 23.5 Å². The Labute approximate surface area is 137 Å². The predicted molar refractivity (Wildman–Crippen MR) is 93.8 cm³/mol. The number of nitrogens with zero attached hydrogens (tertiary/aromatic N) is 1. The summed E-state index contributed by atoms with van der Waals surface area (Å²) >= 11 is 3.62. The Bertz CT molecular complexity index is 453. The van der Waals surface area contributed by atoms with Gasteiger partial charge in [0.25, 0.3) is 0 Å².